The van der Waals surface area contributed by atoms with Crippen LogP contribution in [0.5, 0.6) is 0 Å². The Bertz CT molecular complexity index is 1400. The van der Waals surface area contributed by atoms with Crippen LogP contribution in [0.4, 0.5) is 31.5 Å². The van der Waals surface area contributed by atoms with Gasteiger partial charge in [-0.2, -0.15) is 18.3 Å². The number of hydrogen-bond acceptors (Lipinski definition) is 7. The molecule has 0 bridgehead atoms. The fraction of sp³-hybridized carbons (Fsp3) is 0.700. The molecule has 250 valence electrons. The Kier molecular flexibility index (Phi) is 9.43. The largest absolute Gasteiger partial charge is 0.444 e. The minimum atomic E-state index is -4.64. The summed E-state index contributed by atoms with van der Waals surface area (Å²) in [7, 11) is 0. The molecule has 3 atom stereocenters. The van der Waals surface area contributed by atoms with Gasteiger partial charge in [0.25, 0.3) is 0 Å². The van der Waals surface area contributed by atoms with Crippen molar-refractivity contribution in [3.05, 3.63) is 29.7 Å². The van der Waals surface area contributed by atoms with Crippen LogP contribution >= 0.6 is 0 Å². The number of carbonyl (C=O) groups excluding carboxylic acids is 3. The second-order valence-electron chi connectivity index (χ2n) is 14.0. The molecule has 2 aromatic rings. The molecule has 1 saturated heterocycles. The van der Waals surface area contributed by atoms with Gasteiger partial charge in [0.15, 0.2) is 5.65 Å². The lowest BCUT2D eigenvalue weighted by molar-refractivity contribution is -0.192. The van der Waals surface area contributed by atoms with Gasteiger partial charge < -0.3 is 14.8 Å². The van der Waals surface area contributed by atoms with Crippen molar-refractivity contribution in [2.24, 2.45) is 17.8 Å². The summed E-state index contributed by atoms with van der Waals surface area (Å²) in [4.78, 5) is 43.7. The van der Waals surface area contributed by atoms with Gasteiger partial charge in [-0.3, -0.25) is 4.79 Å². The molecule has 2 aliphatic rings. The van der Waals surface area contributed by atoms with Crippen LogP contribution in [-0.4, -0.2) is 67.4 Å². The van der Waals surface area contributed by atoms with E-state index in [2.05, 4.69) is 15.4 Å². The molecule has 3 amide bonds. The summed E-state index contributed by atoms with van der Waals surface area (Å²) in [6.07, 6.45) is -4.64. The Balaban J connectivity index is 1.59. The number of ether oxygens (including phenoxy) is 2. The van der Waals surface area contributed by atoms with Gasteiger partial charge in [-0.25, -0.2) is 32.8 Å². The van der Waals surface area contributed by atoms with Gasteiger partial charge in [-0.05, 0) is 84.8 Å². The maximum Gasteiger partial charge on any atom is 0.417 e. The minimum Gasteiger partial charge on any atom is -0.444 e. The predicted octanol–water partition coefficient (Wildman–Crippen LogP) is 6.63. The second-order valence-corrected chi connectivity index (χ2v) is 14.0. The van der Waals surface area contributed by atoms with Gasteiger partial charge in [0.1, 0.15) is 11.2 Å². The zero-order chi connectivity index (χ0) is 33.5. The highest BCUT2D eigenvalue weighted by atomic mass is 19.4. The third-order valence-corrected chi connectivity index (χ3v) is 7.77. The predicted molar refractivity (Wildman–Crippen MR) is 151 cm³/mol. The Hall–Kier alpha value is -3.52. The van der Waals surface area contributed by atoms with Crippen LogP contribution in [0.1, 0.15) is 90.9 Å². The monoisotopic (exact) mass is 645 g/mol. The number of imide groups is 1. The minimum absolute atomic E-state index is 0.137. The molecule has 1 saturated carbocycles. The maximum absolute atomic E-state index is 13.9. The SMILES string of the molecule is CC(C)(C)OC(=O)N[C@H](c1cn2ncc(C[C@H]3CC(C(F)(F)F)CN(C(=O)OC(C)(C)C)C3=O)cc2n1)C1CCC(F)(F)CC1. The standard InChI is InChI=1S/C30H40F5N5O5/c1-27(2,3)44-25(42)38-23(18-7-9-29(31,32)10-8-18)21-16-40-22(37-21)12-17(14-36-40)11-19-13-20(30(33,34)35)15-39(24(19)41)26(43)45-28(4,5)6/h12,14,16,18-20,23H,7-11,13,15H2,1-6H3,(H,38,42)/t19-,20?,23-/m0/s1. The number of carbonyl (C=O) groups is 3. The highest BCUT2D eigenvalue weighted by Gasteiger charge is 2.49. The van der Waals surface area contributed by atoms with Crippen LogP contribution in [0.2, 0.25) is 0 Å². The summed E-state index contributed by atoms with van der Waals surface area (Å²) in [5.74, 6) is -7.03. The number of alkyl halides is 5. The molecule has 10 nitrogen and oxygen atoms in total. The Morgan fingerprint density at radius 3 is 2.27 bits per heavy atom. The number of piperidine rings is 1. The summed E-state index contributed by atoms with van der Waals surface area (Å²) in [5, 5.41) is 7.08. The number of halogens is 5. The Morgan fingerprint density at radius 2 is 1.69 bits per heavy atom. The van der Waals surface area contributed by atoms with E-state index in [1.807, 2.05) is 0 Å². The molecule has 1 N–H and O–H groups in total. The summed E-state index contributed by atoms with van der Waals surface area (Å²) in [5.41, 5.74) is -0.786. The van der Waals surface area contributed by atoms with E-state index >= 15 is 0 Å². The topological polar surface area (TPSA) is 115 Å². The van der Waals surface area contributed by atoms with E-state index < -0.39 is 72.2 Å². The number of hydrogen-bond donors (Lipinski definition) is 1. The third-order valence-electron chi connectivity index (χ3n) is 7.77. The number of fused-ring (bicyclic) bond motifs is 1. The average molecular weight is 646 g/mol. The first-order valence-corrected chi connectivity index (χ1v) is 14.9. The van der Waals surface area contributed by atoms with Crippen LogP contribution in [0, 0.1) is 17.8 Å². The van der Waals surface area contributed by atoms with E-state index in [9.17, 15) is 36.3 Å². The fourth-order valence-corrected chi connectivity index (χ4v) is 5.68. The Labute approximate surface area is 258 Å². The molecule has 1 aliphatic heterocycles. The first-order valence-electron chi connectivity index (χ1n) is 14.9. The first-order chi connectivity index (χ1) is 20.6. The zero-order valence-corrected chi connectivity index (χ0v) is 26.2. The third kappa shape index (κ3) is 9.03. The first kappa shape index (κ1) is 34.4. The molecule has 1 unspecified atom stereocenters. The van der Waals surface area contributed by atoms with Crippen molar-refractivity contribution < 1.29 is 45.8 Å². The van der Waals surface area contributed by atoms with Crippen molar-refractivity contribution >= 4 is 23.7 Å². The highest BCUT2D eigenvalue weighted by molar-refractivity contribution is 5.94. The van der Waals surface area contributed by atoms with E-state index in [0.29, 0.717) is 16.2 Å². The molecule has 1 aliphatic carbocycles. The smallest absolute Gasteiger partial charge is 0.417 e. The molecule has 15 heteroatoms. The molecule has 2 aromatic heterocycles. The second kappa shape index (κ2) is 12.3. The van der Waals surface area contributed by atoms with Crippen LogP contribution < -0.4 is 5.32 Å². The summed E-state index contributed by atoms with van der Waals surface area (Å²) in [6.45, 7) is 8.91. The molecule has 2 fully saturated rings. The van der Waals surface area contributed by atoms with Crippen LogP contribution in [0.25, 0.3) is 5.65 Å². The molecule has 0 aromatic carbocycles. The van der Waals surface area contributed by atoms with Gasteiger partial charge in [-0.1, -0.05) is 0 Å². The van der Waals surface area contributed by atoms with E-state index in [0.717, 1.165) is 0 Å². The normalized spacial score (nSPS) is 22.3. The zero-order valence-electron chi connectivity index (χ0n) is 26.2. The number of amides is 3. The van der Waals surface area contributed by atoms with E-state index in [1.54, 1.807) is 53.8 Å². The average Bonchev–Trinajstić information content (AvgIpc) is 3.29. The lowest BCUT2D eigenvalue weighted by atomic mass is 9.81. The molecular weight excluding hydrogens is 605 g/mol. The number of nitrogens with zero attached hydrogens (tertiary/aromatic N) is 4. The molecular formula is C30H40F5N5O5. The van der Waals surface area contributed by atoms with Crippen LogP contribution in [-0.2, 0) is 20.7 Å². The van der Waals surface area contributed by atoms with Gasteiger partial charge in [0.2, 0.25) is 11.8 Å². The highest BCUT2D eigenvalue weighted by Crippen LogP contribution is 2.42. The summed E-state index contributed by atoms with van der Waals surface area (Å²) in [6, 6.07) is 0.786. The summed E-state index contributed by atoms with van der Waals surface area (Å²) < 4.78 is 81.3. The van der Waals surface area contributed by atoms with Crippen molar-refractivity contribution in [2.75, 3.05) is 6.54 Å². The Morgan fingerprint density at radius 1 is 1.07 bits per heavy atom. The van der Waals surface area contributed by atoms with Gasteiger partial charge in [0.05, 0.1) is 30.0 Å². The maximum atomic E-state index is 13.9. The number of imidazole rings is 1. The number of rotatable bonds is 5. The number of aromatic nitrogens is 3. The van der Waals surface area contributed by atoms with Crippen molar-refractivity contribution in [3.63, 3.8) is 0 Å². The van der Waals surface area contributed by atoms with E-state index in [1.165, 1.54) is 10.7 Å². The van der Waals surface area contributed by atoms with Gasteiger partial charge >= 0.3 is 18.4 Å². The van der Waals surface area contributed by atoms with Gasteiger partial charge in [-0.15, -0.1) is 0 Å². The number of likely N-dealkylation sites (tertiary alicyclic amines) is 1. The van der Waals surface area contributed by atoms with Crippen molar-refractivity contribution in [3.8, 4) is 0 Å². The molecule has 3 heterocycles. The van der Waals surface area contributed by atoms with Crippen LogP contribution in [0.3, 0.4) is 0 Å². The van der Waals surface area contributed by atoms with Gasteiger partial charge in [0, 0.05) is 25.3 Å². The molecule has 4 rings (SSSR count). The van der Waals surface area contributed by atoms with Crippen molar-refractivity contribution in [1.29, 1.82) is 0 Å². The molecule has 0 spiro atoms. The van der Waals surface area contributed by atoms with Crippen molar-refractivity contribution in [1.82, 2.24) is 24.8 Å². The fourth-order valence-electron chi connectivity index (χ4n) is 5.68. The lowest BCUT2D eigenvalue weighted by Crippen LogP contribution is -2.53. The molecule has 45 heavy (non-hydrogen) atoms. The lowest BCUT2D eigenvalue weighted by Gasteiger charge is -2.37. The number of alkyl carbamates (subject to hydrolysis) is 1. The number of nitrogens with one attached hydrogen (secondary N) is 1. The van der Waals surface area contributed by atoms with E-state index in [4.69, 9.17) is 9.47 Å². The molecule has 0 radical (unpaired) electrons. The van der Waals surface area contributed by atoms with Crippen LogP contribution in [0.15, 0.2) is 18.5 Å². The quantitative estimate of drug-likeness (QED) is 0.363. The van der Waals surface area contributed by atoms with Crippen molar-refractivity contribution in [2.45, 2.75) is 109 Å². The summed E-state index contributed by atoms with van der Waals surface area (Å²) >= 11 is 0. The van der Waals surface area contributed by atoms with E-state index in [-0.39, 0.29) is 43.7 Å².